The van der Waals surface area contributed by atoms with Gasteiger partial charge in [-0.15, -0.1) is 0 Å². The summed E-state index contributed by atoms with van der Waals surface area (Å²) in [6, 6.07) is 3.04. The molecule has 1 aromatic rings. The minimum atomic E-state index is -0.862. The molecule has 1 saturated heterocycles. The van der Waals surface area contributed by atoms with E-state index in [4.69, 9.17) is 5.73 Å². The lowest BCUT2D eigenvalue weighted by Crippen LogP contribution is -2.51. The number of hydrogen-bond donors (Lipinski definition) is 1. The largest absolute Gasteiger partial charge is 0.339 e. The van der Waals surface area contributed by atoms with Crippen molar-refractivity contribution in [3.05, 3.63) is 35.4 Å². The molecule has 1 aliphatic heterocycles. The predicted octanol–water partition coefficient (Wildman–Crippen LogP) is 1.77. The fourth-order valence-corrected chi connectivity index (χ4v) is 3.66. The zero-order valence-electron chi connectivity index (χ0n) is 14.1. The molecule has 7 heteroatoms. The van der Waals surface area contributed by atoms with Crippen molar-refractivity contribution in [3.63, 3.8) is 0 Å². The predicted molar refractivity (Wildman–Crippen MR) is 88.8 cm³/mol. The van der Waals surface area contributed by atoms with Gasteiger partial charge in [0.2, 0.25) is 5.91 Å². The number of carbonyl (C=O) groups is 2. The molecule has 2 amide bonds. The van der Waals surface area contributed by atoms with Crippen LogP contribution in [-0.4, -0.2) is 53.8 Å². The molecule has 0 aromatic heterocycles. The molecule has 2 aliphatic rings. The maximum Gasteiger partial charge on any atom is 0.256 e. The van der Waals surface area contributed by atoms with Gasteiger partial charge < -0.3 is 15.5 Å². The summed E-state index contributed by atoms with van der Waals surface area (Å²) in [4.78, 5) is 28.0. The number of halogens is 2. The van der Waals surface area contributed by atoms with Crippen LogP contribution in [0.4, 0.5) is 8.78 Å². The number of nitrogens with zero attached hydrogens (tertiary/aromatic N) is 2. The molecule has 5 nitrogen and oxygen atoms in total. The molecule has 0 radical (unpaired) electrons. The molecule has 2 N–H and O–H groups in total. The fraction of sp³-hybridized carbons (Fsp3) is 0.556. The standard InChI is InChI=1S/C18H23F2N3O2/c19-13-4-5-14(15(20)11-13)18(25)23-8-6-22(7-9-23)17(24)10-12-2-1-3-16(12)21/h4-5,11-12,16H,1-3,6-10,21H2/t12-,16+/m0/s1. The molecule has 1 saturated carbocycles. The first-order valence-electron chi connectivity index (χ1n) is 8.73. The molecule has 2 atom stereocenters. The van der Waals surface area contributed by atoms with Crippen LogP contribution in [0.1, 0.15) is 36.0 Å². The number of rotatable bonds is 3. The average Bonchev–Trinajstić information content (AvgIpc) is 2.99. The molecule has 1 heterocycles. The normalized spacial score (nSPS) is 23.8. The van der Waals surface area contributed by atoms with Crippen LogP contribution in [0.25, 0.3) is 0 Å². The highest BCUT2D eigenvalue weighted by molar-refractivity contribution is 5.94. The van der Waals surface area contributed by atoms with Gasteiger partial charge in [0.25, 0.3) is 5.91 Å². The molecule has 136 valence electrons. The summed E-state index contributed by atoms with van der Waals surface area (Å²) in [6.45, 7) is 1.54. The summed E-state index contributed by atoms with van der Waals surface area (Å²) in [6.07, 6.45) is 3.50. The van der Waals surface area contributed by atoms with E-state index in [0.29, 0.717) is 38.7 Å². The van der Waals surface area contributed by atoms with Gasteiger partial charge >= 0.3 is 0 Å². The van der Waals surface area contributed by atoms with Crippen LogP contribution in [0.3, 0.4) is 0 Å². The molecule has 1 aliphatic carbocycles. The van der Waals surface area contributed by atoms with Crippen molar-refractivity contribution in [2.45, 2.75) is 31.7 Å². The van der Waals surface area contributed by atoms with Crippen LogP contribution >= 0.6 is 0 Å². The van der Waals surface area contributed by atoms with Crippen molar-refractivity contribution in [2.75, 3.05) is 26.2 Å². The summed E-state index contributed by atoms with van der Waals surface area (Å²) < 4.78 is 26.7. The first-order valence-corrected chi connectivity index (χ1v) is 8.73. The van der Waals surface area contributed by atoms with Gasteiger partial charge in [-0.05, 0) is 30.9 Å². The fourth-order valence-electron chi connectivity index (χ4n) is 3.66. The van der Waals surface area contributed by atoms with Crippen molar-refractivity contribution in [3.8, 4) is 0 Å². The van der Waals surface area contributed by atoms with Crippen molar-refractivity contribution in [2.24, 2.45) is 11.7 Å². The Bertz CT molecular complexity index is 660. The second-order valence-electron chi connectivity index (χ2n) is 6.86. The Hall–Kier alpha value is -2.02. The van der Waals surface area contributed by atoms with Crippen LogP contribution < -0.4 is 5.73 Å². The number of benzene rings is 1. The van der Waals surface area contributed by atoms with Crippen LogP contribution in [-0.2, 0) is 4.79 Å². The third-order valence-electron chi connectivity index (χ3n) is 5.24. The Morgan fingerprint density at radius 3 is 2.36 bits per heavy atom. The molecule has 1 aromatic carbocycles. The van der Waals surface area contributed by atoms with Gasteiger partial charge in [0.15, 0.2) is 0 Å². The van der Waals surface area contributed by atoms with Gasteiger partial charge in [-0.3, -0.25) is 9.59 Å². The Kier molecular flexibility index (Phi) is 5.32. The second-order valence-corrected chi connectivity index (χ2v) is 6.86. The Labute approximate surface area is 145 Å². The number of carbonyl (C=O) groups excluding carboxylic acids is 2. The molecule has 0 spiro atoms. The van der Waals surface area contributed by atoms with Gasteiger partial charge in [-0.25, -0.2) is 8.78 Å². The Balaban J connectivity index is 1.54. The summed E-state index contributed by atoms with van der Waals surface area (Å²) in [5.74, 6) is -1.72. The molecular weight excluding hydrogens is 328 g/mol. The second kappa shape index (κ2) is 7.47. The molecule has 2 fully saturated rings. The average molecular weight is 351 g/mol. The van der Waals surface area contributed by atoms with E-state index in [9.17, 15) is 18.4 Å². The van der Waals surface area contributed by atoms with E-state index in [1.54, 1.807) is 4.90 Å². The van der Waals surface area contributed by atoms with Crippen molar-refractivity contribution in [1.82, 2.24) is 9.80 Å². The molecule has 0 unspecified atom stereocenters. The van der Waals surface area contributed by atoms with Crippen LogP contribution in [0.2, 0.25) is 0 Å². The van der Waals surface area contributed by atoms with Gasteiger partial charge in [0.05, 0.1) is 5.56 Å². The van der Waals surface area contributed by atoms with Gasteiger partial charge in [-0.1, -0.05) is 6.42 Å². The molecular formula is C18H23F2N3O2. The number of piperazine rings is 1. The van der Waals surface area contributed by atoms with E-state index < -0.39 is 17.5 Å². The van der Waals surface area contributed by atoms with Crippen molar-refractivity contribution in [1.29, 1.82) is 0 Å². The highest BCUT2D eigenvalue weighted by Crippen LogP contribution is 2.27. The first-order chi connectivity index (χ1) is 12.0. The summed E-state index contributed by atoms with van der Waals surface area (Å²) in [7, 11) is 0. The highest BCUT2D eigenvalue weighted by Gasteiger charge is 2.30. The zero-order valence-corrected chi connectivity index (χ0v) is 14.1. The molecule has 0 bridgehead atoms. The summed E-state index contributed by atoms with van der Waals surface area (Å²) >= 11 is 0. The third kappa shape index (κ3) is 3.98. The van der Waals surface area contributed by atoms with Gasteiger partial charge in [0, 0.05) is 44.7 Å². The van der Waals surface area contributed by atoms with E-state index in [2.05, 4.69) is 0 Å². The van der Waals surface area contributed by atoms with Gasteiger partial charge in [-0.2, -0.15) is 0 Å². The van der Waals surface area contributed by atoms with Crippen molar-refractivity contribution >= 4 is 11.8 Å². The maximum absolute atomic E-state index is 13.8. The van der Waals surface area contributed by atoms with Crippen LogP contribution in [0.5, 0.6) is 0 Å². The minimum absolute atomic E-state index is 0.0717. The van der Waals surface area contributed by atoms with Crippen LogP contribution in [0, 0.1) is 17.6 Å². The smallest absolute Gasteiger partial charge is 0.256 e. The Morgan fingerprint density at radius 2 is 1.76 bits per heavy atom. The van der Waals surface area contributed by atoms with Gasteiger partial charge in [0.1, 0.15) is 11.6 Å². The monoisotopic (exact) mass is 351 g/mol. The van der Waals surface area contributed by atoms with E-state index in [1.807, 2.05) is 0 Å². The SMILES string of the molecule is N[C@@H]1CCC[C@H]1CC(=O)N1CCN(C(=O)c2ccc(F)cc2F)CC1. The lowest BCUT2D eigenvalue weighted by molar-refractivity contribution is -0.133. The lowest BCUT2D eigenvalue weighted by atomic mass is 9.99. The molecule has 25 heavy (non-hydrogen) atoms. The number of amides is 2. The lowest BCUT2D eigenvalue weighted by Gasteiger charge is -2.35. The van der Waals surface area contributed by atoms with E-state index in [0.717, 1.165) is 31.4 Å². The first kappa shape index (κ1) is 17.8. The quantitative estimate of drug-likeness (QED) is 0.902. The van der Waals surface area contributed by atoms with Crippen LogP contribution in [0.15, 0.2) is 18.2 Å². The number of nitrogens with two attached hydrogens (primary N) is 1. The zero-order chi connectivity index (χ0) is 18.0. The Morgan fingerprint density at radius 1 is 1.08 bits per heavy atom. The maximum atomic E-state index is 13.8. The third-order valence-corrected chi connectivity index (χ3v) is 5.24. The summed E-state index contributed by atoms with van der Waals surface area (Å²) in [5.41, 5.74) is 5.88. The topological polar surface area (TPSA) is 66.6 Å². The van der Waals surface area contributed by atoms with E-state index in [-0.39, 0.29) is 23.4 Å². The molecule has 3 rings (SSSR count). The summed E-state index contributed by atoms with van der Waals surface area (Å²) in [5, 5.41) is 0. The highest BCUT2D eigenvalue weighted by atomic mass is 19.1. The number of hydrogen-bond acceptors (Lipinski definition) is 3. The van der Waals surface area contributed by atoms with E-state index in [1.165, 1.54) is 4.90 Å². The van der Waals surface area contributed by atoms with E-state index >= 15 is 0 Å². The minimum Gasteiger partial charge on any atom is -0.339 e. The van der Waals surface area contributed by atoms with Crippen molar-refractivity contribution < 1.29 is 18.4 Å².